The first-order valence-electron chi connectivity index (χ1n) is 5.46. The van der Waals surface area contributed by atoms with Gasteiger partial charge in [0, 0.05) is 12.1 Å². The molecule has 0 saturated carbocycles. The molecule has 0 unspecified atom stereocenters. The second kappa shape index (κ2) is 4.82. The van der Waals surface area contributed by atoms with Gasteiger partial charge in [0.15, 0.2) is 6.29 Å². The van der Waals surface area contributed by atoms with Gasteiger partial charge in [-0.3, -0.25) is 9.48 Å². The van der Waals surface area contributed by atoms with Gasteiger partial charge >= 0.3 is 0 Å². The zero-order valence-electron chi connectivity index (χ0n) is 9.88. The fourth-order valence-electron chi connectivity index (χ4n) is 1.73. The molecule has 0 radical (unpaired) electrons. The Kier molecular flexibility index (Phi) is 3.23. The van der Waals surface area contributed by atoms with Gasteiger partial charge in [0.1, 0.15) is 11.4 Å². The third-order valence-corrected chi connectivity index (χ3v) is 2.60. The number of nitrogens with zero attached hydrogens (tertiary/aromatic N) is 2. The van der Waals surface area contributed by atoms with E-state index in [4.69, 9.17) is 4.74 Å². The lowest BCUT2D eigenvalue weighted by Gasteiger charge is -2.05. The van der Waals surface area contributed by atoms with E-state index in [-0.39, 0.29) is 0 Å². The smallest absolute Gasteiger partial charge is 0.170 e. The van der Waals surface area contributed by atoms with Crippen LogP contribution in [0, 0.1) is 0 Å². The molecule has 0 saturated heterocycles. The molecule has 0 bridgehead atoms. The highest BCUT2D eigenvalue weighted by atomic mass is 16.5. The third kappa shape index (κ3) is 2.20. The Morgan fingerprint density at radius 3 is 2.59 bits per heavy atom. The Morgan fingerprint density at radius 2 is 2.06 bits per heavy atom. The quantitative estimate of drug-likeness (QED) is 0.757. The van der Waals surface area contributed by atoms with Crippen molar-refractivity contribution in [3.63, 3.8) is 0 Å². The highest BCUT2D eigenvalue weighted by Crippen LogP contribution is 2.22. The summed E-state index contributed by atoms with van der Waals surface area (Å²) >= 11 is 0. The SMILES string of the molecule is CCn1nc(C=O)cc1-c1ccc(OC)cc1. The van der Waals surface area contributed by atoms with Gasteiger partial charge < -0.3 is 4.74 Å². The minimum Gasteiger partial charge on any atom is -0.497 e. The van der Waals surface area contributed by atoms with E-state index in [0.717, 1.165) is 29.8 Å². The summed E-state index contributed by atoms with van der Waals surface area (Å²) in [6, 6.07) is 9.48. The lowest BCUT2D eigenvalue weighted by Crippen LogP contribution is -1.99. The molecule has 0 N–H and O–H groups in total. The molecule has 0 aliphatic rings. The number of hydrogen-bond donors (Lipinski definition) is 0. The number of aromatic nitrogens is 2. The first-order valence-corrected chi connectivity index (χ1v) is 5.46. The molecule has 4 heteroatoms. The van der Waals surface area contributed by atoms with Crippen molar-refractivity contribution in [2.45, 2.75) is 13.5 Å². The Morgan fingerprint density at radius 1 is 1.35 bits per heavy atom. The average molecular weight is 230 g/mol. The standard InChI is InChI=1S/C13H14N2O2/c1-3-15-13(8-11(9-16)14-15)10-4-6-12(17-2)7-5-10/h4-9H,3H2,1-2H3. The molecule has 4 nitrogen and oxygen atoms in total. The maximum atomic E-state index is 10.7. The highest BCUT2D eigenvalue weighted by molar-refractivity contribution is 5.75. The van der Waals surface area contributed by atoms with E-state index in [9.17, 15) is 4.79 Å². The fourth-order valence-corrected chi connectivity index (χ4v) is 1.73. The van der Waals surface area contributed by atoms with Gasteiger partial charge in [-0.15, -0.1) is 0 Å². The normalized spacial score (nSPS) is 10.2. The largest absolute Gasteiger partial charge is 0.497 e. The van der Waals surface area contributed by atoms with Gasteiger partial charge in [-0.25, -0.2) is 0 Å². The average Bonchev–Trinajstić information content (AvgIpc) is 2.82. The van der Waals surface area contributed by atoms with E-state index >= 15 is 0 Å². The number of carbonyl (C=O) groups excluding carboxylic acids is 1. The molecule has 2 aromatic rings. The van der Waals surface area contributed by atoms with Crippen LogP contribution in [0.2, 0.25) is 0 Å². The monoisotopic (exact) mass is 230 g/mol. The van der Waals surface area contributed by atoms with Gasteiger partial charge in [0.25, 0.3) is 0 Å². The van der Waals surface area contributed by atoms with Crippen molar-refractivity contribution in [3.05, 3.63) is 36.0 Å². The number of benzene rings is 1. The summed E-state index contributed by atoms with van der Waals surface area (Å²) < 4.78 is 6.92. The number of methoxy groups -OCH3 is 1. The molecule has 17 heavy (non-hydrogen) atoms. The molecule has 0 aliphatic carbocycles. The summed E-state index contributed by atoms with van der Waals surface area (Å²) in [6.07, 6.45) is 0.763. The Bertz CT molecular complexity index is 515. The van der Waals surface area contributed by atoms with Crippen LogP contribution in [0.15, 0.2) is 30.3 Å². The molecule has 1 aromatic heterocycles. The van der Waals surface area contributed by atoms with Gasteiger partial charge in [-0.2, -0.15) is 5.10 Å². The third-order valence-electron chi connectivity index (χ3n) is 2.60. The van der Waals surface area contributed by atoms with Gasteiger partial charge in [0.05, 0.1) is 12.8 Å². The summed E-state index contributed by atoms with van der Waals surface area (Å²) in [4.78, 5) is 10.7. The topological polar surface area (TPSA) is 44.1 Å². The Hall–Kier alpha value is -2.10. The van der Waals surface area contributed by atoms with Crippen molar-refractivity contribution >= 4 is 6.29 Å². The van der Waals surface area contributed by atoms with Crippen LogP contribution in [0.5, 0.6) is 5.75 Å². The summed E-state index contributed by atoms with van der Waals surface area (Å²) in [5.41, 5.74) is 2.42. The molecule has 0 spiro atoms. The predicted octanol–water partition coefficient (Wildman–Crippen LogP) is 2.39. The van der Waals surface area contributed by atoms with Gasteiger partial charge in [-0.1, -0.05) is 0 Å². The van der Waals surface area contributed by atoms with Crippen molar-refractivity contribution in [2.75, 3.05) is 7.11 Å². The molecule has 0 atom stereocenters. The van der Waals surface area contributed by atoms with E-state index < -0.39 is 0 Å². The van der Waals surface area contributed by atoms with Gasteiger partial charge in [-0.05, 0) is 37.3 Å². The fraction of sp³-hybridized carbons (Fsp3) is 0.231. The maximum Gasteiger partial charge on any atom is 0.170 e. The molecular formula is C13H14N2O2. The Labute approximate surface area is 99.8 Å². The van der Waals surface area contributed by atoms with Crippen LogP contribution in [-0.4, -0.2) is 23.2 Å². The minimum atomic E-state index is 0.456. The van der Waals surface area contributed by atoms with Crippen LogP contribution < -0.4 is 4.74 Å². The molecule has 88 valence electrons. The number of hydrogen-bond acceptors (Lipinski definition) is 3. The van der Waals surface area contributed by atoms with Crippen LogP contribution in [0.1, 0.15) is 17.4 Å². The zero-order chi connectivity index (χ0) is 12.3. The molecule has 0 amide bonds. The number of rotatable bonds is 4. The van der Waals surface area contributed by atoms with E-state index in [1.807, 2.05) is 35.9 Å². The summed E-state index contributed by atoms with van der Waals surface area (Å²) in [5.74, 6) is 0.812. The lowest BCUT2D eigenvalue weighted by atomic mass is 10.1. The molecule has 1 heterocycles. The molecule has 0 aliphatic heterocycles. The van der Waals surface area contributed by atoms with E-state index in [1.54, 1.807) is 13.2 Å². The lowest BCUT2D eigenvalue weighted by molar-refractivity contribution is 0.111. The molecule has 2 rings (SSSR count). The summed E-state index contributed by atoms with van der Waals surface area (Å²) in [5, 5.41) is 4.18. The van der Waals surface area contributed by atoms with Crippen molar-refractivity contribution in [1.29, 1.82) is 0 Å². The van der Waals surface area contributed by atoms with Crippen LogP contribution in [-0.2, 0) is 6.54 Å². The van der Waals surface area contributed by atoms with Crippen molar-refractivity contribution in [2.24, 2.45) is 0 Å². The van der Waals surface area contributed by atoms with Crippen molar-refractivity contribution in [1.82, 2.24) is 9.78 Å². The van der Waals surface area contributed by atoms with Crippen molar-refractivity contribution in [3.8, 4) is 17.0 Å². The Balaban J connectivity index is 2.43. The van der Waals surface area contributed by atoms with Crippen LogP contribution in [0.3, 0.4) is 0 Å². The molecular weight excluding hydrogens is 216 g/mol. The number of carbonyl (C=O) groups is 1. The molecule has 0 fully saturated rings. The van der Waals surface area contributed by atoms with Crippen LogP contribution in [0.4, 0.5) is 0 Å². The summed E-state index contributed by atoms with van der Waals surface area (Å²) in [6.45, 7) is 2.73. The maximum absolute atomic E-state index is 10.7. The first kappa shape index (κ1) is 11.4. The number of aldehydes is 1. The van der Waals surface area contributed by atoms with Crippen molar-refractivity contribution < 1.29 is 9.53 Å². The van der Waals surface area contributed by atoms with Crippen LogP contribution >= 0.6 is 0 Å². The van der Waals surface area contributed by atoms with Crippen LogP contribution in [0.25, 0.3) is 11.3 Å². The van der Waals surface area contributed by atoms with E-state index in [1.165, 1.54) is 0 Å². The first-order chi connectivity index (χ1) is 8.28. The zero-order valence-corrected chi connectivity index (χ0v) is 9.88. The second-order valence-corrected chi connectivity index (χ2v) is 3.62. The van der Waals surface area contributed by atoms with E-state index in [0.29, 0.717) is 5.69 Å². The summed E-state index contributed by atoms with van der Waals surface area (Å²) in [7, 11) is 1.63. The van der Waals surface area contributed by atoms with Gasteiger partial charge in [0.2, 0.25) is 0 Å². The number of aryl methyl sites for hydroxylation is 1. The second-order valence-electron chi connectivity index (χ2n) is 3.62. The van der Waals surface area contributed by atoms with E-state index in [2.05, 4.69) is 5.10 Å². The minimum absolute atomic E-state index is 0.456. The number of ether oxygens (including phenoxy) is 1. The highest BCUT2D eigenvalue weighted by Gasteiger charge is 2.08. The molecule has 1 aromatic carbocycles. The predicted molar refractivity (Wildman–Crippen MR) is 65.3 cm³/mol.